The fourth-order valence-corrected chi connectivity index (χ4v) is 1.17. The van der Waals surface area contributed by atoms with Gasteiger partial charge in [-0.1, -0.05) is 6.08 Å². The van der Waals surface area contributed by atoms with Crippen LogP contribution in [0.1, 0.15) is 18.1 Å². The number of hydrogen-bond donors (Lipinski definition) is 2. The van der Waals surface area contributed by atoms with Crippen molar-refractivity contribution in [2.45, 2.75) is 13.8 Å². The zero-order chi connectivity index (χ0) is 12.1. The lowest BCUT2D eigenvalue weighted by Crippen LogP contribution is -1.97. The van der Waals surface area contributed by atoms with Gasteiger partial charge in [0.1, 0.15) is 18.1 Å². The van der Waals surface area contributed by atoms with Gasteiger partial charge in [0, 0.05) is 12.5 Å². The SMILES string of the molecule is CC(=O)OC/C=C/c1cc(O)c(C)cc1O. The van der Waals surface area contributed by atoms with Gasteiger partial charge in [0.2, 0.25) is 0 Å². The fraction of sp³-hybridized carbons (Fsp3) is 0.250. The molecule has 0 spiro atoms. The number of ether oxygens (including phenoxy) is 1. The minimum atomic E-state index is -0.361. The number of phenols is 2. The molecule has 0 aliphatic carbocycles. The molecule has 0 saturated carbocycles. The van der Waals surface area contributed by atoms with Crippen LogP contribution in [0.15, 0.2) is 18.2 Å². The Hall–Kier alpha value is -1.97. The van der Waals surface area contributed by atoms with Crippen molar-refractivity contribution in [2.24, 2.45) is 0 Å². The molecular weight excluding hydrogens is 208 g/mol. The molecule has 0 fully saturated rings. The number of phenolic OH excluding ortho intramolecular Hbond substituents is 2. The number of esters is 1. The van der Waals surface area contributed by atoms with Crippen LogP contribution in [0.3, 0.4) is 0 Å². The van der Waals surface area contributed by atoms with E-state index in [2.05, 4.69) is 4.74 Å². The number of rotatable bonds is 3. The molecule has 0 radical (unpaired) electrons. The predicted molar refractivity (Wildman–Crippen MR) is 60.2 cm³/mol. The van der Waals surface area contributed by atoms with E-state index in [1.807, 2.05) is 0 Å². The molecule has 0 aromatic heterocycles. The summed E-state index contributed by atoms with van der Waals surface area (Å²) in [7, 11) is 0. The van der Waals surface area contributed by atoms with Gasteiger partial charge in [-0.3, -0.25) is 4.79 Å². The Morgan fingerprint density at radius 1 is 1.38 bits per heavy atom. The zero-order valence-electron chi connectivity index (χ0n) is 9.23. The largest absolute Gasteiger partial charge is 0.508 e. The van der Waals surface area contributed by atoms with Crippen LogP contribution in [-0.2, 0) is 9.53 Å². The van der Waals surface area contributed by atoms with Crippen molar-refractivity contribution in [3.8, 4) is 11.5 Å². The van der Waals surface area contributed by atoms with Gasteiger partial charge in [0.15, 0.2) is 0 Å². The van der Waals surface area contributed by atoms with E-state index in [0.29, 0.717) is 11.1 Å². The summed E-state index contributed by atoms with van der Waals surface area (Å²) in [5.41, 5.74) is 1.09. The van der Waals surface area contributed by atoms with Crippen LogP contribution in [0.2, 0.25) is 0 Å². The van der Waals surface area contributed by atoms with Crippen molar-refractivity contribution in [2.75, 3.05) is 6.61 Å². The second-order valence-corrected chi connectivity index (χ2v) is 3.40. The zero-order valence-corrected chi connectivity index (χ0v) is 9.23. The smallest absolute Gasteiger partial charge is 0.302 e. The monoisotopic (exact) mass is 222 g/mol. The van der Waals surface area contributed by atoms with E-state index in [-0.39, 0.29) is 24.1 Å². The summed E-state index contributed by atoms with van der Waals surface area (Å²) in [6, 6.07) is 2.93. The highest BCUT2D eigenvalue weighted by atomic mass is 16.5. The van der Waals surface area contributed by atoms with E-state index in [9.17, 15) is 15.0 Å². The van der Waals surface area contributed by atoms with Crippen molar-refractivity contribution < 1.29 is 19.7 Å². The summed E-state index contributed by atoms with van der Waals surface area (Å²) in [6.07, 6.45) is 3.17. The van der Waals surface area contributed by atoms with E-state index < -0.39 is 0 Å². The highest BCUT2D eigenvalue weighted by molar-refractivity contribution is 5.66. The molecule has 0 saturated heterocycles. The summed E-state index contributed by atoms with van der Waals surface area (Å²) in [5, 5.41) is 19.0. The fourth-order valence-electron chi connectivity index (χ4n) is 1.17. The van der Waals surface area contributed by atoms with Gasteiger partial charge in [-0.15, -0.1) is 0 Å². The maximum atomic E-state index is 10.5. The van der Waals surface area contributed by atoms with Gasteiger partial charge in [-0.2, -0.15) is 0 Å². The average Bonchev–Trinajstić information content (AvgIpc) is 2.19. The number of hydrogen-bond acceptors (Lipinski definition) is 4. The molecule has 1 rings (SSSR count). The normalized spacial score (nSPS) is 10.6. The number of aromatic hydroxyl groups is 2. The first-order chi connectivity index (χ1) is 7.50. The number of aryl methyl sites for hydroxylation is 1. The van der Waals surface area contributed by atoms with Crippen LogP contribution >= 0.6 is 0 Å². The van der Waals surface area contributed by atoms with Gasteiger partial charge in [-0.05, 0) is 30.7 Å². The lowest BCUT2D eigenvalue weighted by Gasteiger charge is -2.03. The number of benzene rings is 1. The molecule has 1 aromatic rings. The third-order valence-electron chi connectivity index (χ3n) is 2.03. The predicted octanol–water partition coefficient (Wildman–Crippen LogP) is 1.98. The molecule has 0 unspecified atom stereocenters. The highest BCUT2D eigenvalue weighted by Crippen LogP contribution is 2.27. The van der Waals surface area contributed by atoms with E-state index in [1.165, 1.54) is 19.1 Å². The van der Waals surface area contributed by atoms with E-state index >= 15 is 0 Å². The van der Waals surface area contributed by atoms with E-state index in [4.69, 9.17) is 0 Å². The summed E-state index contributed by atoms with van der Waals surface area (Å²) < 4.78 is 4.69. The van der Waals surface area contributed by atoms with Crippen molar-refractivity contribution >= 4 is 12.0 Å². The minimum absolute atomic E-state index is 0.0781. The van der Waals surface area contributed by atoms with Crippen molar-refractivity contribution in [1.82, 2.24) is 0 Å². The molecule has 0 aliphatic rings. The molecule has 0 amide bonds. The third-order valence-corrected chi connectivity index (χ3v) is 2.03. The number of carbonyl (C=O) groups excluding carboxylic acids is 1. The Bertz CT molecular complexity index is 421. The third kappa shape index (κ3) is 3.31. The Labute approximate surface area is 93.8 Å². The topological polar surface area (TPSA) is 66.8 Å². The van der Waals surface area contributed by atoms with Gasteiger partial charge < -0.3 is 14.9 Å². The first kappa shape index (κ1) is 12.1. The standard InChI is InChI=1S/C12H14O4/c1-8-6-12(15)10(7-11(8)14)4-3-5-16-9(2)13/h3-4,6-7,14-15H,5H2,1-2H3/b4-3+. The molecule has 4 heteroatoms. The van der Waals surface area contributed by atoms with Gasteiger partial charge >= 0.3 is 5.97 Å². The lowest BCUT2D eigenvalue weighted by molar-refractivity contribution is -0.139. The van der Waals surface area contributed by atoms with Crippen molar-refractivity contribution in [3.63, 3.8) is 0 Å². The summed E-state index contributed by atoms with van der Waals surface area (Å²) >= 11 is 0. The van der Waals surface area contributed by atoms with Crippen molar-refractivity contribution in [1.29, 1.82) is 0 Å². The molecule has 0 aliphatic heterocycles. The minimum Gasteiger partial charge on any atom is -0.508 e. The van der Waals surface area contributed by atoms with Crippen molar-refractivity contribution in [3.05, 3.63) is 29.3 Å². The molecule has 1 aromatic carbocycles. The molecular formula is C12H14O4. The quantitative estimate of drug-likeness (QED) is 0.606. The van der Waals surface area contributed by atoms with Crippen LogP contribution in [-0.4, -0.2) is 22.8 Å². The van der Waals surface area contributed by atoms with Crippen LogP contribution < -0.4 is 0 Å². The Balaban J connectivity index is 2.73. The maximum Gasteiger partial charge on any atom is 0.302 e. The molecule has 0 atom stereocenters. The molecule has 0 bridgehead atoms. The van der Waals surface area contributed by atoms with Crippen LogP contribution in [0.4, 0.5) is 0 Å². The maximum absolute atomic E-state index is 10.5. The van der Waals surface area contributed by atoms with Crippen LogP contribution in [0.25, 0.3) is 6.08 Å². The Morgan fingerprint density at radius 3 is 2.69 bits per heavy atom. The van der Waals surface area contributed by atoms with Crippen LogP contribution in [0, 0.1) is 6.92 Å². The number of carbonyl (C=O) groups is 1. The molecule has 0 heterocycles. The molecule has 4 nitrogen and oxygen atoms in total. The Kier molecular flexibility index (Phi) is 3.94. The van der Waals surface area contributed by atoms with Gasteiger partial charge in [0.05, 0.1) is 0 Å². The average molecular weight is 222 g/mol. The summed E-state index contributed by atoms with van der Waals surface area (Å²) in [4.78, 5) is 10.5. The van der Waals surface area contributed by atoms with Gasteiger partial charge in [-0.25, -0.2) is 0 Å². The summed E-state index contributed by atoms with van der Waals surface area (Å²) in [5.74, 6) is -0.167. The van der Waals surface area contributed by atoms with E-state index in [0.717, 1.165) is 0 Å². The molecule has 2 N–H and O–H groups in total. The second-order valence-electron chi connectivity index (χ2n) is 3.40. The van der Waals surface area contributed by atoms with Gasteiger partial charge in [0.25, 0.3) is 0 Å². The summed E-state index contributed by atoms with van der Waals surface area (Å²) in [6.45, 7) is 3.16. The Morgan fingerprint density at radius 2 is 2.06 bits per heavy atom. The molecule has 16 heavy (non-hydrogen) atoms. The highest BCUT2D eigenvalue weighted by Gasteiger charge is 2.02. The van der Waals surface area contributed by atoms with E-state index in [1.54, 1.807) is 19.1 Å². The first-order valence-corrected chi connectivity index (χ1v) is 4.83. The van der Waals surface area contributed by atoms with Crippen LogP contribution in [0.5, 0.6) is 11.5 Å². The molecule has 86 valence electrons. The lowest BCUT2D eigenvalue weighted by atomic mass is 10.1. The second kappa shape index (κ2) is 5.21. The first-order valence-electron chi connectivity index (χ1n) is 4.83.